The van der Waals surface area contributed by atoms with E-state index in [1.54, 1.807) is 0 Å². The Morgan fingerprint density at radius 3 is 2.67 bits per heavy atom. The number of nitrogens with zero attached hydrogens (tertiary/aromatic N) is 1. The standard InChI is InChI=1S/C14H20N2S2/c1-10-11(2)18-8-7-16(10)9-12-3-5-13(6-4-12)14(15)17/h3-6,10-11H,7-9H2,1-2H3,(H2,15,17). The van der Waals surface area contributed by atoms with Gasteiger partial charge in [0.25, 0.3) is 0 Å². The summed E-state index contributed by atoms with van der Waals surface area (Å²) in [5.41, 5.74) is 7.89. The zero-order valence-electron chi connectivity index (χ0n) is 10.9. The van der Waals surface area contributed by atoms with Gasteiger partial charge >= 0.3 is 0 Å². The first-order valence-electron chi connectivity index (χ1n) is 6.32. The number of thioether (sulfide) groups is 1. The van der Waals surface area contributed by atoms with Gasteiger partial charge in [0.2, 0.25) is 0 Å². The van der Waals surface area contributed by atoms with Crippen LogP contribution in [0.5, 0.6) is 0 Å². The predicted molar refractivity (Wildman–Crippen MR) is 84.1 cm³/mol. The van der Waals surface area contributed by atoms with Gasteiger partial charge in [0.15, 0.2) is 0 Å². The van der Waals surface area contributed by atoms with Crippen molar-refractivity contribution < 1.29 is 0 Å². The van der Waals surface area contributed by atoms with E-state index in [-0.39, 0.29) is 0 Å². The van der Waals surface area contributed by atoms with Crippen molar-refractivity contribution >= 4 is 29.0 Å². The van der Waals surface area contributed by atoms with E-state index in [1.807, 2.05) is 12.1 Å². The molecule has 1 fully saturated rings. The molecule has 98 valence electrons. The largest absolute Gasteiger partial charge is 0.389 e. The van der Waals surface area contributed by atoms with Gasteiger partial charge in [-0.3, -0.25) is 4.90 Å². The zero-order valence-corrected chi connectivity index (χ0v) is 12.6. The third-order valence-corrected chi connectivity index (χ3v) is 5.21. The van der Waals surface area contributed by atoms with Crippen LogP contribution >= 0.6 is 24.0 Å². The summed E-state index contributed by atoms with van der Waals surface area (Å²) in [6, 6.07) is 8.94. The Bertz CT molecular complexity index is 416. The van der Waals surface area contributed by atoms with Crippen LogP contribution in [0.2, 0.25) is 0 Å². The van der Waals surface area contributed by atoms with E-state index < -0.39 is 0 Å². The highest BCUT2D eigenvalue weighted by Gasteiger charge is 2.24. The van der Waals surface area contributed by atoms with Crippen LogP contribution < -0.4 is 5.73 Å². The topological polar surface area (TPSA) is 29.3 Å². The highest BCUT2D eigenvalue weighted by molar-refractivity contribution is 8.00. The normalized spacial score (nSPS) is 25.0. The Morgan fingerprint density at radius 1 is 1.39 bits per heavy atom. The predicted octanol–water partition coefficient (Wildman–Crippen LogP) is 2.65. The van der Waals surface area contributed by atoms with Gasteiger partial charge in [-0.2, -0.15) is 11.8 Å². The third-order valence-electron chi connectivity index (χ3n) is 3.64. The Kier molecular flexibility index (Phi) is 4.65. The first kappa shape index (κ1) is 13.8. The molecule has 0 aliphatic carbocycles. The van der Waals surface area contributed by atoms with E-state index >= 15 is 0 Å². The summed E-state index contributed by atoms with van der Waals surface area (Å²) < 4.78 is 0. The SMILES string of the molecule is CC1SCCN(Cc2ccc(C(N)=S)cc2)C1C. The molecule has 0 amide bonds. The van der Waals surface area contributed by atoms with Crippen LogP contribution in [0.15, 0.2) is 24.3 Å². The lowest BCUT2D eigenvalue weighted by molar-refractivity contribution is 0.204. The van der Waals surface area contributed by atoms with Crippen molar-refractivity contribution in [3.05, 3.63) is 35.4 Å². The number of benzene rings is 1. The average molecular weight is 280 g/mol. The zero-order chi connectivity index (χ0) is 13.1. The van der Waals surface area contributed by atoms with Crippen LogP contribution in [0.3, 0.4) is 0 Å². The fraction of sp³-hybridized carbons (Fsp3) is 0.500. The second kappa shape index (κ2) is 6.04. The third kappa shape index (κ3) is 3.25. The average Bonchev–Trinajstić information content (AvgIpc) is 2.36. The van der Waals surface area contributed by atoms with Crippen molar-refractivity contribution in [1.82, 2.24) is 4.90 Å². The summed E-state index contributed by atoms with van der Waals surface area (Å²) >= 11 is 7.04. The van der Waals surface area contributed by atoms with E-state index in [9.17, 15) is 0 Å². The monoisotopic (exact) mass is 280 g/mol. The van der Waals surface area contributed by atoms with E-state index in [0.29, 0.717) is 11.0 Å². The molecule has 2 atom stereocenters. The lowest BCUT2D eigenvalue weighted by Gasteiger charge is -2.37. The molecule has 1 aromatic carbocycles. The summed E-state index contributed by atoms with van der Waals surface area (Å²) in [7, 11) is 0. The van der Waals surface area contributed by atoms with E-state index in [2.05, 4.69) is 42.6 Å². The molecule has 0 aromatic heterocycles. The molecule has 0 bridgehead atoms. The molecule has 1 saturated heterocycles. The van der Waals surface area contributed by atoms with Crippen molar-refractivity contribution in [2.45, 2.75) is 31.7 Å². The lowest BCUT2D eigenvalue weighted by atomic mass is 10.1. The molecule has 0 saturated carbocycles. The highest BCUT2D eigenvalue weighted by Crippen LogP contribution is 2.25. The van der Waals surface area contributed by atoms with Gasteiger partial charge in [0, 0.05) is 35.7 Å². The van der Waals surface area contributed by atoms with E-state index in [1.165, 1.54) is 17.9 Å². The highest BCUT2D eigenvalue weighted by atomic mass is 32.2. The first-order valence-corrected chi connectivity index (χ1v) is 7.78. The van der Waals surface area contributed by atoms with Gasteiger partial charge in [-0.05, 0) is 12.5 Å². The number of hydrogen-bond donors (Lipinski definition) is 1. The molecule has 2 N–H and O–H groups in total. The van der Waals surface area contributed by atoms with Crippen LogP contribution in [0, 0.1) is 0 Å². The van der Waals surface area contributed by atoms with Crippen molar-refractivity contribution in [3.8, 4) is 0 Å². The summed E-state index contributed by atoms with van der Waals surface area (Å²) in [6.45, 7) is 6.83. The van der Waals surface area contributed by atoms with Gasteiger partial charge in [0.05, 0.1) is 0 Å². The van der Waals surface area contributed by atoms with Gasteiger partial charge in [-0.1, -0.05) is 43.4 Å². The molecule has 2 unspecified atom stereocenters. The fourth-order valence-corrected chi connectivity index (χ4v) is 3.53. The molecular formula is C14H20N2S2. The Labute approximate surface area is 119 Å². The van der Waals surface area contributed by atoms with Crippen LogP contribution in [-0.2, 0) is 6.54 Å². The smallest absolute Gasteiger partial charge is 0.103 e. The molecule has 4 heteroatoms. The fourth-order valence-electron chi connectivity index (χ4n) is 2.23. The quantitative estimate of drug-likeness (QED) is 0.862. The Hall–Kier alpha value is -0.580. The van der Waals surface area contributed by atoms with E-state index in [4.69, 9.17) is 18.0 Å². The number of nitrogens with two attached hydrogens (primary N) is 1. The van der Waals surface area contributed by atoms with Crippen molar-refractivity contribution in [2.75, 3.05) is 12.3 Å². The molecule has 2 rings (SSSR count). The lowest BCUT2D eigenvalue weighted by Crippen LogP contribution is -2.43. The second-order valence-electron chi connectivity index (χ2n) is 4.85. The Morgan fingerprint density at radius 2 is 2.06 bits per heavy atom. The van der Waals surface area contributed by atoms with Crippen LogP contribution in [0.1, 0.15) is 25.0 Å². The van der Waals surface area contributed by atoms with Crippen LogP contribution in [-0.4, -0.2) is 33.5 Å². The summed E-state index contributed by atoms with van der Waals surface area (Å²) in [6.07, 6.45) is 0. The number of rotatable bonds is 3. The maximum Gasteiger partial charge on any atom is 0.103 e. The molecule has 1 aromatic rings. The minimum absolute atomic E-state index is 0.470. The maximum atomic E-state index is 5.61. The molecule has 2 nitrogen and oxygen atoms in total. The van der Waals surface area contributed by atoms with Gasteiger partial charge in [-0.15, -0.1) is 0 Å². The van der Waals surface area contributed by atoms with Gasteiger partial charge < -0.3 is 5.73 Å². The summed E-state index contributed by atoms with van der Waals surface area (Å²) in [4.78, 5) is 3.02. The van der Waals surface area contributed by atoms with Gasteiger partial charge in [0.1, 0.15) is 4.99 Å². The summed E-state index contributed by atoms with van der Waals surface area (Å²) in [5.74, 6) is 1.23. The maximum absolute atomic E-state index is 5.61. The van der Waals surface area contributed by atoms with Crippen LogP contribution in [0.4, 0.5) is 0 Å². The second-order valence-corrected chi connectivity index (χ2v) is 6.77. The van der Waals surface area contributed by atoms with Crippen molar-refractivity contribution in [1.29, 1.82) is 0 Å². The number of hydrogen-bond acceptors (Lipinski definition) is 3. The Balaban J connectivity index is 2.02. The minimum Gasteiger partial charge on any atom is -0.389 e. The molecule has 1 aliphatic heterocycles. The molecule has 18 heavy (non-hydrogen) atoms. The van der Waals surface area contributed by atoms with E-state index in [0.717, 1.165) is 17.4 Å². The molecule has 1 aliphatic rings. The summed E-state index contributed by atoms with van der Waals surface area (Å²) in [5, 5.41) is 0.717. The first-order chi connectivity index (χ1) is 8.58. The number of thiocarbonyl (C=S) groups is 1. The molecular weight excluding hydrogens is 260 g/mol. The van der Waals surface area contributed by atoms with Crippen molar-refractivity contribution in [2.24, 2.45) is 5.73 Å². The molecule has 1 heterocycles. The van der Waals surface area contributed by atoms with Gasteiger partial charge in [-0.25, -0.2) is 0 Å². The molecule has 0 radical (unpaired) electrons. The minimum atomic E-state index is 0.470. The van der Waals surface area contributed by atoms with Crippen molar-refractivity contribution in [3.63, 3.8) is 0 Å². The van der Waals surface area contributed by atoms with Crippen LogP contribution in [0.25, 0.3) is 0 Å². The molecule has 0 spiro atoms.